The van der Waals surface area contributed by atoms with E-state index < -0.39 is 17.8 Å². The lowest BCUT2D eigenvalue weighted by atomic mass is 10.0. The summed E-state index contributed by atoms with van der Waals surface area (Å²) in [6.07, 6.45) is 8.58. The number of nitrogens with one attached hydrogen (secondary N) is 3. The molecule has 2 unspecified atom stereocenters. The Kier molecular flexibility index (Phi) is 8.63. The fourth-order valence-electron chi connectivity index (χ4n) is 5.74. The van der Waals surface area contributed by atoms with Crippen molar-refractivity contribution in [3.8, 4) is 5.75 Å². The molecule has 8 heteroatoms. The van der Waals surface area contributed by atoms with E-state index >= 15 is 0 Å². The first-order valence-corrected chi connectivity index (χ1v) is 14.1. The van der Waals surface area contributed by atoms with Crippen LogP contribution < -0.4 is 20.7 Å². The van der Waals surface area contributed by atoms with Gasteiger partial charge in [0.25, 0.3) is 0 Å². The Labute approximate surface area is 229 Å². The molecule has 3 aliphatic rings. The van der Waals surface area contributed by atoms with Gasteiger partial charge in [-0.2, -0.15) is 0 Å². The number of benzene rings is 2. The van der Waals surface area contributed by atoms with Crippen LogP contribution in [0.1, 0.15) is 56.1 Å². The quantitative estimate of drug-likeness (QED) is 0.439. The Bertz CT molecular complexity index is 1180. The molecule has 0 saturated heterocycles. The molecule has 0 aromatic heterocycles. The van der Waals surface area contributed by atoms with Gasteiger partial charge in [0.05, 0.1) is 12.6 Å². The highest BCUT2D eigenvalue weighted by Gasteiger charge is 2.60. The Morgan fingerprint density at radius 2 is 1.92 bits per heavy atom. The molecule has 4 atom stereocenters. The van der Waals surface area contributed by atoms with Crippen LogP contribution in [0.15, 0.2) is 60.7 Å². The van der Waals surface area contributed by atoms with Gasteiger partial charge >= 0.3 is 0 Å². The van der Waals surface area contributed by atoms with Crippen LogP contribution in [-0.2, 0) is 22.4 Å². The molecule has 1 saturated carbocycles. The summed E-state index contributed by atoms with van der Waals surface area (Å²) in [5.74, 6) is 0.245. The van der Waals surface area contributed by atoms with Crippen molar-refractivity contribution >= 4 is 11.8 Å². The van der Waals surface area contributed by atoms with Gasteiger partial charge in [0.1, 0.15) is 23.3 Å². The molecule has 4 N–H and O–H groups in total. The predicted octanol–water partition coefficient (Wildman–Crippen LogP) is 3.55. The number of aryl methyl sites for hydroxylation is 2. The summed E-state index contributed by atoms with van der Waals surface area (Å²) in [4.78, 5) is 26.5. The SMILES string of the molecule is O=C1CCc2cccc(c2)OCCCC2C[C@]2(C(=O)NC2CC=CC2)NC(O)[C@H](CCc2ccc(F)cc2)N1. The van der Waals surface area contributed by atoms with Crippen LogP contribution in [0.2, 0.25) is 0 Å². The molecule has 7 nitrogen and oxygen atoms in total. The molecular weight excluding hydrogens is 497 g/mol. The summed E-state index contributed by atoms with van der Waals surface area (Å²) in [7, 11) is 0. The maximum absolute atomic E-state index is 13.5. The largest absolute Gasteiger partial charge is 0.494 e. The van der Waals surface area contributed by atoms with Crippen LogP contribution in [0, 0.1) is 11.7 Å². The van der Waals surface area contributed by atoms with E-state index in [1.165, 1.54) is 12.1 Å². The lowest BCUT2D eigenvalue weighted by Crippen LogP contribution is -2.59. The molecule has 2 bridgehead atoms. The maximum atomic E-state index is 13.5. The first kappa shape index (κ1) is 27.3. The van der Waals surface area contributed by atoms with Crippen LogP contribution in [0.4, 0.5) is 4.39 Å². The van der Waals surface area contributed by atoms with Crippen LogP contribution in [0.3, 0.4) is 0 Å². The summed E-state index contributed by atoms with van der Waals surface area (Å²) in [5, 5.41) is 20.8. The minimum absolute atomic E-state index is 0.0535. The van der Waals surface area contributed by atoms with Crippen molar-refractivity contribution in [2.75, 3.05) is 6.61 Å². The molecule has 39 heavy (non-hydrogen) atoms. The highest BCUT2D eigenvalue weighted by atomic mass is 19.1. The van der Waals surface area contributed by atoms with E-state index in [0.717, 1.165) is 42.6 Å². The molecule has 2 aliphatic carbocycles. The fourth-order valence-corrected chi connectivity index (χ4v) is 5.74. The molecule has 5 rings (SSSR count). The van der Waals surface area contributed by atoms with Gasteiger partial charge in [0, 0.05) is 12.5 Å². The van der Waals surface area contributed by atoms with Crippen LogP contribution in [0.5, 0.6) is 5.75 Å². The zero-order valence-electron chi connectivity index (χ0n) is 22.2. The van der Waals surface area contributed by atoms with Crippen molar-refractivity contribution in [1.82, 2.24) is 16.0 Å². The molecule has 1 aliphatic heterocycles. The van der Waals surface area contributed by atoms with E-state index in [0.29, 0.717) is 32.3 Å². The van der Waals surface area contributed by atoms with Gasteiger partial charge in [-0.15, -0.1) is 0 Å². The van der Waals surface area contributed by atoms with Crippen molar-refractivity contribution in [2.45, 2.75) is 81.6 Å². The summed E-state index contributed by atoms with van der Waals surface area (Å²) < 4.78 is 19.4. The molecule has 1 fully saturated rings. The average molecular weight is 536 g/mol. The number of fused-ring (bicyclic) bond motifs is 3. The molecule has 0 radical (unpaired) electrons. The zero-order chi connectivity index (χ0) is 27.2. The number of aliphatic hydroxyl groups excluding tert-OH is 1. The second-order valence-electron chi connectivity index (χ2n) is 11.1. The number of carbonyl (C=O) groups is 2. The third-order valence-electron chi connectivity index (χ3n) is 8.15. The van der Waals surface area contributed by atoms with Gasteiger partial charge < -0.3 is 20.5 Å². The number of amides is 2. The highest BCUT2D eigenvalue weighted by molar-refractivity contribution is 5.90. The molecule has 0 spiro atoms. The van der Waals surface area contributed by atoms with Crippen molar-refractivity contribution < 1.29 is 23.8 Å². The zero-order valence-corrected chi connectivity index (χ0v) is 22.2. The van der Waals surface area contributed by atoms with E-state index in [4.69, 9.17) is 4.74 Å². The lowest BCUT2D eigenvalue weighted by Gasteiger charge is -2.30. The van der Waals surface area contributed by atoms with Crippen LogP contribution in [0.25, 0.3) is 0 Å². The second-order valence-corrected chi connectivity index (χ2v) is 11.1. The monoisotopic (exact) mass is 535 g/mol. The third kappa shape index (κ3) is 7.05. The van der Waals surface area contributed by atoms with Crippen molar-refractivity contribution in [2.24, 2.45) is 5.92 Å². The summed E-state index contributed by atoms with van der Waals surface area (Å²) in [5.41, 5.74) is 1.03. The van der Waals surface area contributed by atoms with Gasteiger partial charge in [-0.25, -0.2) is 4.39 Å². The van der Waals surface area contributed by atoms with Crippen molar-refractivity contribution in [3.63, 3.8) is 0 Å². The minimum atomic E-state index is -1.13. The lowest BCUT2D eigenvalue weighted by molar-refractivity contribution is -0.127. The molecule has 208 valence electrons. The van der Waals surface area contributed by atoms with Gasteiger partial charge in [0.2, 0.25) is 11.8 Å². The normalized spacial score (nSPS) is 27.7. The van der Waals surface area contributed by atoms with Crippen LogP contribution in [-0.4, -0.2) is 47.4 Å². The first-order chi connectivity index (χ1) is 18.9. The summed E-state index contributed by atoms with van der Waals surface area (Å²) in [6.45, 7) is 0.535. The number of hydrogen-bond donors (Lipinski definition) is 4. The van der Waals surface area contributed by atoms with Crippen molar-refractivity contribution in [1.29, 1.82) is 0 Å². The Morgan fingerprint density at radius 1 is 1.13 bits per heavy atom. The first-order valence-electron chi connectivity index (χ1n) is 14.1. The molecular formula is C31H38FN3O4. The van der Waals surface area contributed by atoms with Gasteiger partial charge in [0.15, 0.2) is 0 Å². The molecule has 1 heterocycles. The number of carbonyl (C=O) groups excluding carboxylic acids is 2. The highest BCUT2D eigenvalue weighted by Crippen LogP contribution is 2.47. The summed E-state index contributed by atoms with van der Waals surface area (Å²) >= 11 is 0. The smallest absolute Gasteiger partial charge is 0.240 e. The number of rotatable bonds is 5. The number of ether oxygens (including phenoxy) is 1. The van der Waals surface area contributed by atoms with E-state index in [-0.39, 0.29) is 36.0 Å². The van der Waals surface area contributed by atoms with Gasteiger partial charge in [-0.1, -0.05) is 36.4 Å². The molecule has 2 amide bonds. The van der Waals surface area contributed by atoms with E-state index in [2.05, 4.69) is 28.1 Å². The fraction of sp³-hybridized carbons (Fsp3) is 0.484. The number of hydrogen-bond acceptors (Lipinski definition) is 5. The third-order valence-corrected chi connectivity index (χ3v) is 8.15. The van der Waals surface area contributed by atoms with Crippen molar-refractivity contribution in [3.05, 3.63) is 77.6 Å². The molecule has 2 aromatic carbocycles. The van der Waals surface area contributed by atoms with Crippen LogP contribution >= 0.6 is 0 Å². The maximum Gasteiger partial charge on any atom is 0.240 e. The minimum Gasteiger partial charge on any atom is -0.494 e. The average Bonchev–Trinajstić information content (AvgIpc) is 3.37. The topological polar surface area (TPSA) is 99.7 Å². The number of halogens is 1. The Hall–Kier alpha value is -3.23. The Balaban J connectivity index is 1.34. The van der Waals surface area contributed by atoms with Gasteiger partial charge in [-0.05, 0) is 92.7 Å². The second kappa shape index (κ2) is 12.3. The Morgan fingerprint density at radius 3 is 2.72 bits per heavy atom. The number of aliphatic hydroxyl groups is 1. The van der Waals surface area contributed by atoms with E-state index in [1.54, 1.807) is 12.1 Å². The van der Waals surface area contributed by atoms with Gasteiger partial charge in [-0.3, -0.25) is 14.9 Å². The van der Waals surface area contributed by atoms with E-state index in [1.807, 2.05) is 24.3 Å². The molecule has 2 aromatic rings. The summed E-state index contributed by atoms with van der Waals surface area (Å²) in [6, 6.07) is 13.5. The van der Waals surface area contributed by atoms with E-state index in [9.17, 15) is 19.1 Å². The standard InChI is InChI=1S/C31H38FN3O4/c32-24-14-10-21(11-15-24)12-16-27-29(37)35-31(30(38)33-25-7-1-2-8-25)20-23(31)6-4-18-39-26-9-3-5-22(19-26)13-17-28(36)34-27/h1-3,5,9-11,14-15,19,23,25,27,29,35,37H,4,6-8,12-13,16-18,20H2,(H,33,38)(H,34,36)/t23?,27-,29?,31-/m0/s1. The predicted molar refractivity (Wildman–Crippen MR) is 146 cm³/mol.